The molecule has 0 N–H and O–H groups in total. The molecule has 0 saturated heterocycles. The van der Waals surface area contributed by atoms with Gasteiger partial charge in [-0.1, -0.05) is 34.0 Å². The summed E-state index contributed by atoms with van der Waals surface area (Å²) in [6, 6.07) is 5.23. The van der Waals surface area contributed by atoms with Crippen LogP contribution in [-0.4, -0.2) is 22.8 Å². The first-order valence-corrected chi connectivity index (χ1v) is 7.44. The molecule has 0 aromatic heterocycles. The molecule has 0 atom stereocenters. The Morgan fingerprint density at radius 1 is 1.41 bits per heavy atom. The van der Waals surface area contributed by atoms with E-state index in [9.17, 15) is 4.39 Å². The molecule has 1 aliphatic rings. The van der Waals surface area contributed by atoms with Crippen molar-refractivity contribution in [2.24, 2.45) is 0 Å². The average molecular weight is 321 g/mol. The van der Waals surface area contributed by atoms with Gasteiger partial charge in [-0.15, -0.1) is 0 Å². The average Bonchev–Trinajstić information content (AvgIpc) is 2.21. The van der Waals surface area contributed by atoms with Gasteiger partial charge in [0.05, 0.1) is 0 Å². The molecule has 0 radical (unpaired) electrons. The van der Waals surface area contributed by atoms with Crippen molar-refractivity contribution in [3.8, 4) is 0 Å². The quantitative estimate of drug-likeness (QED) is 0.734. The van der Waals surface area contributed by atoms with Gasteiger partial charge in [0.25, 0.3) is 0 Å². The third kappa shape index (κ3) is 3.43. The van der Waals surface area contributed by atoms with E-state index < -0.39 is 0 Å². The molecule has 0 aliphatic heterocycles. The summed E-state index contributed by atoms with van der Waals surface area (Å²) in [6.07, 6.45) is 3.81. The van der Waals surface area contributed by atoms with Gasteiger partial charge in [-0.2, -0.15) is 0 Å². The van der Waals surface area contributed by atoms with E-state index in [-0.39, 0.29) is 5.82 Å². The Labute approximate surface area is 115 Å². The lowest BCUT2D eigenvalue weighted by molar-refractivity contribution is 0.128. The highest BCUT2D eigenvalue weighted by Crippen LogP contribution is 2.28. The Hall–Kier alpha value is -0.120. The van der Waals surface area contributed by atoms with E-state index in [0.717, 1.165) is 24.0 Å². The monoisotopic (exact) mass is 319 g/mol. The molecule has 17 heavy (non-hydrogen) atoms. The summed E-state index contributed by atoms with van der Waals surface area (Å²) in [7, 11) is 0. The van der Waals surface area contributed by atoms with Crippen molar-refractivity contribution in [1.82, 2.24) is 4.90 Å². The van der Waals surface area contributed by atoms with Crippen LogP contribution in [-0.2, 0) is 6.54 Å². The lowest BCUT2D eigenvalue weighted by Gasteiger charge is -2.37. The third-order valence-electron chi connectivity index (χ3n) is 3.34. The van der Waals surface area contributed by atoms with E-state index in [2.05, 4.69) is 20.8 Å². The summed E-state index contributed by atoms with van der Waals surface area (Å²) in [5.41, 5.74) is 0.888. The van der Waals surface area contributed by atoms with Gasteiger partial charge in [0.1, 0.15) is 5.82 Å². The van der Waals surface area contributed by atoms with E-state index >= 15 is 0 Å². The van der Waals surface area contributed by atoms with Gasteiger partial charge in [0.15, 0.2) is 0 Å². The van der Waals surface area contributed by atoms with Crippen LogP contribution in [0.4, 0.5) is 4.39 Å². The molecule has 1 nitrogen and oxygen atoms in total. The normalized spacial score (nSPS) is 16.2. The highest BCUT2D eigenvalue weighted by molar-refractivity contribution is 9.09. The number of nitrogens with zero attached hydrogens (tertiary/aromatic N) is 1. The summed E-state index contributed by atoms with van der Waals surface area (Å²) >= 11 is 9.57. The summed E-state index contributed by atoms with van der Waals surface area (Å²) in [6.45, 7) is 1.73. The molecule has 1 aromatic carbocycles. The second-order valence-corrected chi connectivity index (χ2v) is 5.68. The zero-order valence-electron chi connectivity index (χ0n) is 9.63. The second-order valence-electron chi connectivity index (χ2n) is 4.48. The van der Waals surface area contributed by atoms with E-state index in [4.69, 9.17) is 11.6 Å². The number of benzene rings is 1. The minimum absolute atomic E-state index is 0.211. The Morgan fingerprint density at radius 2 is 2.18 bits per heavy atom. The van der Waals surface area contributed by atoms with Crippen molar-refractivity contribution in [1.29, 1.82) is 0 Å². The molecular formula is C13H16BrClFN. The first-order chi connectivity index (χ1) is 8.20. The highest BCUT2D eigenvalue weighted by Gasteiger charge is 2.24. The van der Waals surface area contributed by atoms with Gasteiger partial charge < -0.3 is 0 Å². The minimum atomic E-state index is -0.211. The van der Waals surface area contributed by atoms with E-state index in [1.807, 2.05) is 0 Å². The van der Waals surface area contributed by atoms with Crippen LogP contribution < -0.4 is 0 Å². The van der Waals surface area contributed by atoms with Crippen LogP contribution in [0.15, 0.2) is 18.2 Å². The number of hydrogen-bond donors (Lipinski definition) is 0. The second kappa shape index (κ2) is 6.17. The fourth-order valence-corrected chi connectivity index (χ4v) is 2.77. The number of rotatable bonds is 5. The molecule has 1 saturated carbocycles. The maximum atomic E-state index is 13.2. The van der Waals surface area contributed by atoms with Gasteiger partial charge in [-0.05, 0) is 36.6 Å². The number of hydrogen-bond acceptors (Lipinski definition) is 1. The molecule has 94 valence electrons. The zero-order valence-corrected chi connectivity index (χ0v) is 12.0. The topological polar surface area (TPSA) is 3.24 Å². The van der Waals surface area contributed by atoms with Crippen molar-refractivity contribution in [2.75, 3.05) is 11.9 Å². The first-order valence-electron chi connectivity index (χ1n) is 5.94. The van der Waals surface area contributed by atoms with Crippen LogP contribution in [0.25, 0.3) is 0 Å². The molecule has 1 aromatic rings. The fraction of sp³-hybridized carbons (Fsp3) is 0.538. The number of halogens is 3. The molecule has 1 fully saturated rings. The standard InChI is InChI=1S/C13H16BrClFN/c14-6-7-17(12-2-1-3-12)9-10-8-11(16)4-5-13(10)15/h4-5,8,12H,1-3,6-7,9H2. The molecule has 4 heteroatoms. The minimum Gasteiger partial charge on any atom is -0.295 e. The zero-order chi connectivity index (χ0) is 12.3. The lowest BCUT2D eigenvalue weighted by atomic mass is 9.91. The lowest BCUT2D eigenvalue weighted by Crippen LogP contribution is -2.40. The summed E-state index contributed by atoms with van der Waals surface area (Å²) < 4.78 is 13.2. The van der Waals surface area contributed by atoms with Crippen molar-refractivity contribution >= 4 is 27.5 Å². The maximum absolute atomic E-state index is 13.2. The SMILES string of the molecule is Fc1ccc(Cl)c(CN(CCBr)C2CCC2)c1. The van der Waals surface area contributed by atoms with Gasteiger partial charge in [0, 0.05) is 29.5 Å². The molecule has 0 heterocycles. The van der Waals surface area contributed by atoms with Gasteiger partial charge in [-0.3, -0.25) is 4.90 Å². The highest BCUT2D eigenvalue weighted by atomic mass is 79.9. The molecule has 2 rings (SSSR count). The van der Waals surface area contributed by atoms with Crippen LogP contribution >= 0.6 is 27.5 Å². The predicted molar refractivity (Wildman–Crippen MR) is 73.3 cm³/mol. The van der Waals surface area contributed by atoms with Crippen molar-refractivity contribution in [2.45, 2.75) is 31.8 Å². The molecule has 0 unspecified atom stereocenters. The van der Waals surface area contributed by atoms with Crippen LogP contribution in [0.1, 0.15) is 24.8 Å². The van der Waals surface area contributed by atoms with E-state index in [1.165, 1.54) is 25.3 Å². The first kappa shape index (κ1) is 13.3. The summed E-state index contributed by atoms with van der Waals surface area (Å²) in [5, 5.41) is 1.60. The van der Waals surface area contributed by atoms with Crippen molar-refractivity contribution in [3.05, 3.63) is 34.6 Å². The Morgan fingerprint density at radius 3 is 2.76 bits per heavy atom. The van der Waals surface area contributed by atoms with E-state index in [1.54, 1.807) is 12.1 Å². The van der Waals surface area contributed by atoms with Crippen LogP contribution in [0.2, 0.25) is 5.02 Å². The Balaban J connectivity index is 2.07. The fourth-order valence-electron chi connectivity index (χ4n) is 2.13. The van der Waals surface area contributed by atoms with Crippen molar-refractivity contribution in [3.63, 3.8) is 0 Å². The molecule has 0 amide bonds. The molecule has 1 aliphatic carbocycles. The number of alkyl halides is 1. The Bertz CT molecular complexity index is 382. The predicted octanol–water partition coefficient (Wildman–Crippen LogP) is 4.23. The van der Waals surface area contributed by atoms with Gasteiger partial charge >= 0.3 is 0 Å². The molecular weight excluding hydrogens is 305 g/mol. The third-order valence-corrected chi connectivity index (χ3v) is 4.07. The smallest absolute Gasteiger partial charge is 0.123 e. The van der Waals surface area contributed by atoms with Crippen LogP contribution in [0.3, 0.4) is 0 Å². The van der Waals surface area contributed by atoms with Crippen LogP contribution in [0, 0.1) is 5.82 Å². The largest absolute Gasteiger partial charge is 0.295 e. The Kier molecular flexibility index (Phi) is 4.83. The van der Waals surface area contributed by atoms with Crippen molar-refractivity contribution < 1.29 is 4.39 Å². The van der Waals surface area contributed by atoms with E-state index in [0.29, 0.717) is 11.1 Å². The summed E-state index contributed by atoms with van der Waals surface area (Å²) in [4.78, 5) is 2.39. The van der Waals surface area contributed by atoms with Crippen LogP contribution in [0.5, 0.6) is 0 Å². The summed E-state index contributed by atoms with van der Waals surface area (Å²) in [5.74, 6) is -0.211. The molecule has 0 bridgehead atoms. The molecule has 0 spiro atoms. The maximum Gasteiger partial charge on any atom is 0.123 e. The van der Waals surface area contributed by atoms with Gasteiger partial charge in [-0.25, -0.2) is 4.39 Å². The van der Waals surface area contributed by atoms with Gasteiger partial charge in [0.2, 0.25) is 0 Å².